The summed E-state index contributed by atoms with van der Waals surface area (Å²) in [5.74, 6) is -0.103. The van der Waals surface area contributed by atoms with Crippen molar-refractivity contribution in [3.63, 3.8) is 0 Å². The van der Waals surface area contributed by atoms with E-state index in [9.17, 15) is 4.79 Å². The molecule has 0 aromatic heterocycles. The second-order valence-electron chi connectivity index (χ2n) is 3.58. The van der Waals surface area contributed by atoms with Crippen LogP contribution < -0.4 is 10.5 Å². The van der Waals surface area contributed by atoms with Crippen LogP contribution in [-0.4, -0.2) is 11.1 Å². The molecule has 0 radical (unpaired) electrons. The van der Waals surface area contributed by atoms with Crippen molar-refractivity contribution >= 4 is 34.2 Å². The third-order valence-electron chi connectivity index (χ3n) is 2.32. The van der Waals surface area contributed by atoms with E-state index in [1.165, 1.54) is 6.07 Å². The average Bonchev–Trinajstić information content (AvgIpc) is 2.31. The minimum Gasteiger partial charge on any atom is -0.478 e. The number of nitrogens with two attached hydrogens (primary N) is 1. The Morgan fingerprint density at radius 3 is 2.61 bits per heavy atom. The van der Waals surface area contributed by atoms with E-state index < -0.39 is 5.97 Å². The summed E-state index contributed by atoms with van der Waals surface area (Å²) >= 11 is 2.17. The molecule has 0 aliphatic carbocycles. The van der Waals surface area contributed by atoms with Gasteiger partial charge >= 0.3 is 5.97 Å². The van der Waals surface area contributed by atoms with Gasteiger partial charge in [-0.15, -0.1) is 0 Å². The van der Waals surface area contributed by atoms with Gasteiger partial charge in [0.2, 0.25) is 0 Å². The predicted molar refractivity (Wildman–Crippen MR) is 77.0 cm³/mol. The lowest BCUT2D eigenvalue weighted by atomic mass is 10.1. The van der Waals surface area contributed by atoms with E-state index >= 15 is 0 Å². The van der Waals surface area contributed by atoms with Gasteiger partial charge in [0.25, 0.3) is 0 Å². The Hall–Kier alpha value is -1.76. The van der Waals surface area contributed by atoms with E-state index in [0.29, 0.717) is 11.5 Å². The molecule has 2 aromatic carbocycles. The van der Waals surface area contributed by atoms with Gasteiger partial charge in [0.15, 0.2) is 5.75 Å². The Morgan fingerprint density at radius 1 is 1.22 bits per heavy atom. The number of hydrogen-bond donors (Lipinski definition) is 2. The summed E-state index contributed by atoms with van der Waals surface area (Å²) in [4.78, 5) is 10.9. The Bertz CT molecular complexity index is 599. The third kappa shape index (κ3) is 2.73. The fourth-order valence-corrected chi connectivity index (χ4v) is 1.99. The summed E-state index contributed by atoms with van der Waals surface area (Å²) in [7, 11) is 0. The van der Waals surface area contributed by atoms with Crippen LogP contribution in [0.1, 0.15) is 10.4 Å². The van der Waals surface area contributed by atoms with Crippen LogP contribution in [0.5, 0.6) is 11.5 Å². The van der Waals surface area contributed by atoms with E-state index in [-0.39, 0.29) is 11.3 Å². The van der Waals surface area contributed by atoms with Gasteiger partial charge in [-0.3, -0.25) is 0 Å². The van der Waals surface area contributed by atoms with Gasteiger partial charge in [0, 0.05) is 3.57 Å². The zero-order chi connectivity index (χ0) is 13.1. The van der Waals surface area contributed by atoms with E-state index in [2.05, 4.69) is 22.6 Å². The maximum absolute atomic E-state index is 10.9. The highest BCUT2D eigenvalue weighted by Crippen LogP contribution is 2.30. The summed E-state index contributed by atoms with van der Waals surface area (Å²) in [6, 6.07) is 12.1. The molecule has 0 amide bonds. The number of carbonyl (C=O) groups is 1. The molecule has 2 aromatic rings. The van der Waals surface area contributed by atoms with Crippen LogP contribution in [0.2, 0.25) is 0 Å². The van der Waals surface area contributed by atoms with Crippen molar-refractivity contribution in [3.05, 3.63) is 51.6 Å². The van der Waals surface area contributed by atoms with E-state index in [0.717, 1.165) is 3.57 Å². The minimum absolute atomic E-state index is 0.0399. The molecule has 0 bridgehead atoms. The summed E-state index contributed by atoms with van der Waals surface area (Å²) in [5, 5.41) is 8.96. The number of rotatable bonds is 3. The molecule has 2 rings (SSSR count). The number of para-hydroxylation sites is 1. The lowest BCUT2D eigenvalue weighted by Gasteiger charge is -2.10. The zero-order valence-electron chi connectivity index (χ0n) is 9.26. The van der Waals surface area contributed by atoms with Crippen LogP contribution in [-0.2, 0) is 0 Å². The zero-order valence-corrected chi connectivity index (χ0v) is 11.4. The smallest absolute Gasteiger partial charge is 0.337 e. The summed E-state index contributed by atoms with van der Waals surface area (Å²) in [6.45, 7) is 0. The van der Waals surface area contributed by atoms with E-state index in [1.807, 2.05) is 18.2 Å². The highest BCUT2D eigenvalue weighted by Gasteiger charge is 2.12. The average molecular weight is 355 g/mol. The van der Waals surface area contributed by atoms with Crippen LogP contribution in [0, 0.1) is 3.57 Å². The number of ether oxygens (including phenoxy) is 1. The molecule has 0 heterocycles. The molecule has 0 fully saturated rings. The molecule has 0 aliphatic rings. The first-order valence-electron chi connectivity index (χ1n) is 5.13. The molecule has 92 valence electrons. The van der Waals surface area contributed by atoms with Gasteiger partial charge < -0.3 is 15.6 Å². The van der Waals surface area contributed by atoms with Crippen molar-refractivity contribution in [1.82, 2.24) is 0 Å². The van der Waals surface area contributed by atoms with Crippen molar-refractivity contribution in [3.8, 4) is 11.5 Å². The maximum atomic E-state index is 10.9. The normalized spacial score (nSPS) is 10.1. The summed E-state index contributed by atoms with van der Waals surface area (Å²) < 4.78 is 6.61. The molecule has 0 saturated carbocycles. The second kappa shape index (κ2) is 5.26. The number of hydrogen-bond acceptors (Lipinski definition) is 3. The molecule has 0 atom stereocenters. The highest BCUT2D eigenvalue weighted by molar-refractivity contribution is 14.1. The number of carboxylic acids is 1. The van der Waals surface area contributed by atoms with Crippen molar-refractivity contribution in [1.29, 1.82) is 0 Å². The van der Waals surface area contributed by atoms with Crippen molar-refractivity contribution < 1.29 is 14.6 Å². The molecule has 0 unspecified atom stereocenters. The fraction of sp³-hybridized carbons (Fsp3) is 0. The van der Waals surface area contributed by atoms with Crippen LogP contribution in [0.3, 0.4) is 0 Å². The first kappa shape index (κ1) is 12.7. The number of carboxylic acid groups (broad SMARTS) is 1. The highest BCUT2D eigenvalue weighted by atomic mass is 127. The molecule has 0 saturated heterocycles. The number of nitrogen functional groups attached to an aromatic ring is 1. The number of anilines is 1. The molecule has 3 N–H and O–H groups in total. The predicted octanol–water partition coefficient (Wildman–Crippen LogP) is 3.36. The molecule has 18 heavy (non-hydrogen) atoms. The molecule has 4 nitrogen and oxygen atoms in total. The molecule has 0 spiro atoms. The van der Waals surface area contributed by atoms with Gasteiger partial charge in [-0.25, -0.2) is 4.79 Å². The Kier molecular flexibility index (Phi) is 3.71. The van der Waals surface area contributed by atoms with Gasteiger partial charge in [-0.05, 0) is 52.9 Å². The topological polar surface area (TPSA) is 72.5 Å². The Balaban J connectivity index is 2.35. The number of halogens is 1. The lowest BCUT2D eigenvalue weighted by Crippen LogP contribution is -2.03. The van der Waals surface area contributed by atoms with Crippen LogP contribution >= 0.6 is 22.6 Å². The van der Waals surface area contributed by atoms with Gasteiger partial charge in [-0.1, -0.05) is 12.1 Å². The van der Waals surface area contributed by atoms with Crippen molar-refractivity contribution in [2.45, 2.75) is 0 Å². The maximum Gasteiger partial charge on any atom is 0.337 e. The van der Waals surface area contributed by atoms with Crippen molar-refractivity contribution in [2.75, 3.05) is 5.73 Å². The Morgan fingerprint density at radius 2 is 1.94 bits per heavy atom. The van der Waals surface area contributed by atoms with Crippen LogP contribution in [0.4, 0.5) is 5.69 Å². The third-order valence-corrected chi connectivity index (χ3v) is 2.99. The number of aromatic carboxylic acids is 1. The fourth-order valence-electron chi connectivity index (χ4n) is 1.48. The van der Waals surface area contributed by atoms with Gasteiger partial charge in [0.1, 0.15) is 5.75 Å². The molecular weight excluding hydrogens is 345 g/mol. The SMILES string of the molecule is Nc1c(Oc2cccc(I)c2)cccc1C(=O)O. The second-order valence-corrected chi connectivity index (χ2v) is 4.83. The standard InChI is InChI=1S/C13H10INO3/c14-8-3-1-4-9(7-8)18-11-6-2-5-10(12(11)15)13(16)17/h1-7H,15H2,(H,16,17). The monoisotopic (exact) mass is 355 g/mol. The molecular formula is C13H10INO3. The largest absolute Gasteiger partial charge is 0.478 e. The molecule has 5 heteroatoms. The van der Waals surface area contributed by atoms with Crippen LogP contribution in [0.15, 0.2) is 42.5 Å². The summed E-state index contributed by atoms with van der Waals surface area (Å²) in [6.07, 6.45) is 0. The van der Waals surface area contributed by atoms with Gasteiger partial charge in [-0.2, -0.15) is 0 Å². The van der Waals surface area contributed by atoms with Crippen molar-refractivity contribution in [2.24, 2.45) is 0 Å². The quantitative estimate of drug-likeness (QED) is 0.654. The first-order valence-corrected chi connectivity index (χ1v) is 6.21. The van der Waals surface area contributed by atoms with E-state index in [1.54, 1.807) is 18.2 Å². The summed E-state index contributed by atoms with van der Waals surface area (Å²) in [5.41, 5.74) is 5.93. The Labute approximate surface area is 118 Å². The first-order chi connectivity index (χ1) is 8.58. The minimum atomic E-state index is -1.07. The van der Waals surface area contributed by atoms with E-state index in [4.69, 9.17) is 15.6 Å². The van der Waals surface area contributed by atoms with Gasteiger partial charge in [0.05, 0.1) is 11.3 Å². The van der Waals surface area contributed by atoms with Crippen LogP contribution in [0.25, 0.3) is 0 Å². The molecule has 0 aliphatic heterocycles. The lowest BCUT2D eigenvalue weighted by molar-refractivity contribution is 0.0698. The number of benzene rings is 2.